The van der Waals surface area contributed by atoms with Crippen molar-refractivity contribution in [2.24, 2.45) is 0 Å². The molecule has 2 aromatic carbocycles. The number of rotatable bonds is 5. The molecule has 1 aliphatic heterocycles. The minimum atomic E-state index is -4.36. The van der Waals surface area contributed by atoms with Crippen LogP contribution in [0.25, 0.3) is 10.9 Å². The number of aromatic nitrogens is 1. The Hall–Kier alpha value is -2.85. The van der Waals surface area contributed by atoms with Gasteiger partial charge in [-0.25, -0.2) is 8.51 Å². The summed E-state index contributed by atoms with van der Waals surface area (Å²) in [5, 5.41) is 9.92. The quantitative estimate of drug-likeness (QED) is 0.644. The van der Waals surface area contributed by atoms with E-state index in [0.29, 0.717) is 42.3 Å². The van der Waals surface area contributed by atoms with Crippen molar-refractivity contribution in [3.8, 4) is 0 Å². The zero-order valence-electron chi connectivity index (χ0n) is 16.4. The van der Waals surface area contributed by atoms with Crippen LogP contribution >= 0.6 is 0 Å². The molecule has 0 radical (unpaired) electrons. The summed E-state index contributed by atoms with van der Waals surface area (Å²) in [7, 11) is -1.42. The van der Waals surface area contributed by atoms with Gasteiger partial charge in [-0.05, 0) is 47.9 Å². The van der Waals surface area contributed by atoms with E-state index in [4.69, 9.17) is 5.11 Å². The topological polar surface area (TPSA) is 65.8 Å². The molecule has 3 aromatic rings. The Balaban J connectivity index is 1.44. The molecule has 1 saturated heterocycles. The van der Waals surface area contributed by atoms with Crippen LogP contribution in [0.2, 0.25) is 0 Å². The van der Waals surface area contributed by atoms with E-state index in [1.165, 1.54) is 12.1 Å². The van der Waals surface area contributed by atoms with Crippen molar-refractivity contribution in [2.75, 3.05) is 31.1 Å². The maximum atomic E-state index is 13.1. The van der Waals surface area contributed by atoms with Crippen LogP contribution in [0.1, 0.15) is 5.56 Å². The molecule has 1 atom stereocenters. The lowest BCUT2D eigenvalue weighted by Gasteiger charge is -2.35. The van der Waals surface area contributed by atoms with Gasteiger partial charge in [-0.15, -0.1) is 0 Å². The van der Waals surface area contributed by atoms with Gasteiger partial charge in [0, 0.05) is 43.6 Å². The summed E-state index contributed by atoms with van der Waals surface area (Å²) < 4.78 is 54.7. The summed E-state index contributed by atoms with van der Waals surface area (Å²) in [6, 6.07) is 12.2. The molecule has 1 N–H and O–H groups in total. The fourth-order valence-electron chi connectivity index (χ4n) is 3.68. The number of carboxylic acid groups (broad SMARTS) is 1. The molecule has 1 aliphatic rings. The monoisotopic (exact) mass is 451 g/mol. The summed E-state index contributed by atoms with van der Waals surface area (Å²) in [6.07, 6.45) is -2.67. The third kappa shape index (κ3) is 4.59. The maximum absolute atomic E-state index is 13.1. The molecule has 0 bridgehead atoms. The Morgan fingerprint density at radius 3 is 2.29 bits per heavy atom. The highest BCUT2D eigenvalue weighted by molar-refractivity contribution is 7.82. The van der Waals surface area contributed by atoms with Crippen LogP contribution in [0.15, 0.2) is 59.6 Å². The van der Waals surface area contributed by atoms with Gasteiger partial charge in [0.15, 0.2) is 0 Å². The minimum absolute atomic E-state index is 0.175. The molecule has 10 heteroatoms. The first-order valence-corrected chi connectivity index (χ1v) is 10.7. The number of aliphatic carboxylic acids is 1. The molecule has 31 heavy (non-hydrogen) atoms. The van der Waals surface area contributed by atoms with E-state index in [1.807, 2.05) is 21.3 Å². The van der Waals surface area contributed by atoms with Gasteiger partial charge in [-0.1, -0.05) is 6.07 Å². The molecular weight excluding hydrogens is 431 g/mol. The molecule has 0 spiro atoms. The molecule has 0 amide bonds. The van der Waals surface area contributed by atoms with Crippen LogP contribution in [0, 0.1) is 0 Å². The van der Waals surface area contributed by atoms with Crippen LogP contribution in [-0.2, 0) is 28.5 Å². The number of benzene rings is 2. The fourth-order valence-corrected chi connectivity index (χ4v) is 4.87. The third-order valence-corrected chi connectivity index (χ3v) is 6.78. The van der Waals surface area contributed by atoms with Crippen molar-refractivity contribution >= 4 is 33.5 Å². The Morgan fingerprint density at radius 2 is 1.68 bits per heavy atom. The van der Waals surface area contributed by atoms with Gasteiger partial charge < -0.3 is 14.6 Å². The van der Waals surface area contributed by atoms with Gasteiger partial charge in [0.25, 0.3) is 0 Å². The zero-order valence-corrected chi connectivity index (χ0v) is 17.2. The van der Waals surface area contributed by atoms with E-state index in [-0.39, 0.29) is 6.54 Å². The molecule has 1 unspecified atom stereocenters. The molecule has 0 aliphatic carbocycles. The Kier molecular flexibility index (Phi) is 5.76. The van der Waals surface area contributed by atoms with E-state index in [2.05, 4.69) is 0 Å². The number of carboxylic acids is 1. The summed E-state index contributed by atoms with van der Waals surface area (Å²) in [6.45, 7) is 1.87. The van der Waals surface area contributed by atoms with Crippen LogP contribution in [0.5, 0.6) is 0 Å². The number of nitrogens with zero attached hydrogens (tertiary/aromatic N) is 3. The molecular formula is C21H20F3N3O3S. The number of hydrogen-bond acceptors (Lipinski definition) is 3. The molecule has 0 saturated carbocycles. The lowest BCUT2D eigenvalue weighted by atomic mass is 10.2. The Bertz CT molecular complexity index is 1120. The first kappa shape index (κ1) is 21.4. The average Bonchev–Trinajstić information content (AvgIpc) is 3.14. The highest BCUT2D eigenvalue weighted by atomic mass is 32.2. The van der Waals surface area contributed by atoms with Crippen LogP contribution < -0.4 is 4.90 Å². The van der Waals surface area contributed by atoms with Gasteiger partial charge in [0.2, 0.25) is 0 Å². The summed E-state index contributed by atoms with van der Waals surface area (Å²) in [5.41, 5.74) is 0.724. The third-order valence-electron chi connectivity index (χ3n) is 5.29. The van der Waals surface area contributed by atoms with Crippen molar-refractivity contribution in [3.05, 3.63) is 60.3 Å². The average molecular weight is 451 g/mol. The number of fused-ring (bicyclic) bond motifs is 1. The lowest BCUT2D eigenvalue weighted by Crippen LogP contribution is -2.46. The Labute approximate surface area is 179 Å². The van der Waals surface area contributed by atoms with Gasteiger partial charge >= 0.3 is 12.1 Å². The molecule has 1 fully saturated rings. The number of hydrogen-bond donors (Lipinski definition) is 1. The molecule has 1 aromatic heterocycles. The Morgan fingerprint density at radius 1 is 1.00 bits per heavy atom. The van der Waals surface area contributed by atoms with E-state index in [0.717, 1.165) is 17.5 Å². The summed E-state index contributed by atoms with van der Waals surface area (Å²) >= 11 is 0. The van der Waals surface area contributed by atoms with E-state index in [9.17, 15) is 22.2 Å². The summed E-state index contributed by atoms with van der Waals surface area (Å²) in [4.78, 5) is 13.6. The predicted octanol–water partition coefficient (Wildman–Crippen LogP) is 3.59. The van der Waals surface area contributed by atoms with Gasteiger partial charge in [0.05, 0.1) is 10.5 Å². The van der Waals surface area contributed by atoms with Crippen molar-refractivity contribution in [2.45, 2.75) is 17.6 Å². The molecule has 164 valence electrons. The second kappa shape index (κ2) is 8.35. The van der Waals surface area contributed by atoms with E-state index in [1.54, 1.807) is 22.9 Å². The first-order valence-electron chi connectivity index (χ1n) is 9.62. The number of halogens is 3. The minimum Gasteiger partial charge on any atom is -0.480 e. The second-order valence-electron chi connectivity index (χ2n) is 7.27. The number of carbonyl (C=O) groups is 1. The van der Waals surface area contributed by atoms with Crippen LogP contribution in [-0.4, -0.2) is 50.3 Å². The number of anilines is 1. The fraction of sp³-hybridized carbons (Fsp3) is 0.286. The van der Waals surface area contributed by atoms with E-state index >= 15 is 0 Å². The zero-order chi connectivity index (χ0) is 22.2. The van der Waals surface area contributed by atoms with Crippen LogP contribution in [0.4, 0.5) is 18.9 Å². The van der Waals surface area contributed by atoms with Gasteiger partial charge in [0.1, 0.15) is 17.5 Å². The molecule has 4 rings (SSSR count). The number of alkyl halides is 3. The molecule has 6 nitrogen and oxygen atoms in total. The van der Waals surface area contributed by atoms with Crippen molar-refractivity contribution in [1.82, 2.24) is 8.87 Å². The largest absolute Gasteiger partial charge is 0.480 e. The normalized spacial score (nSPS) is 16.5. The second-order valence-corrected chi connectivity index (χ2v) is 8.75. The molecule has 2 heterocycles. The van der Waals surface area contributed by atoms with Crippen molar-refractivity contribution in [3.63, 3.8) is 0 Å². The van der Waals surface area contributed by atoms with Crippen LogP contribution in [0.3, 0.4) is 0 Å². The van der Waals surface area contributed by atoms with Crippen molar-refractivity contribution < 1.29 is 27.3 Å². The smallest absolute Gasteiger partial charge is 0.416 e. The van der Waals surface area contributed by atoms with Crippen molar-refractivity contribution in [1.29, 1.82) is 0 Å². The van der Waals surface area contributed by atoms with Gasteiger partial charge in [-0.2, -0.15) is 13.2 Å². The number of piperazine rings is 1. The van der Waals surface area contributed by atoms with Gasteiger partial charge in [-0.3, -0.25) is 4.79 Å². The lowest BCUT2D eigenvalue weighted by molar-refractivity contribution is -0.138. The predicted molar refractivity (Wildman–Crippen MR) is 111 cm³/mol. The standard InChI is InChI=1S/C21H20F3N3O3S/c22-21(23,24)16-2-4-17(5-3-16)25-9-11-27(12-10-25)31(30)18-6-1-15-7-8-26(14-20(28)29)19(15)13-18/h1-8,13H,9-12,14H2,(H,28,29). The SMILES string of the molecule is O=C(O)Cn1ccc2ccc(S(=O)N3CCN(c4ccc(C(F)(F)F)cc4)CC3)cc21. The summed E-state index contributed by atoms with van der Waals surface area (Å²) in [5.74, 6) is -0.955. The highest BCUT2D eigenvalue weighted by Crippen LogP contribution is 2.31. The first-order chi connectivity index (χ1) is 14.7. The van der Waals surface area contributed by atoms with E-state index < -0.39 is 28.7 Å². The maximum Gasteiger partial charge on any atom is 0.416 e. The highest BCUT2D eigenvalue weighted by Gasteiger charge is 2.30.